The van der Waals surface area contributed by atoms with Crippen LogP contribution in [0.2, 0.25) is 18.1 Å². The average molecular weight is 561 g/mol. The van der Waals surface area contributed by atoms with E-state index in [1.807, 2.05) is 31.2 Å². The molecule has 0 aliphatic carbocycles. The lowest BCUT2D eigenvalue weighted by atomic mass is 9.83. The molecule has 1 N–H and O–H groups in total. The van der Waals surface area contributed by atoms with Crippen molar-refractivity contribution in [3.8, 4) is 17.6 Å². The van der Waals surface area contributed by atoms with E-state index in [2.05, 4.69) is 73.4 Å². The van der Waals surface area contributed by atoms with Crippen LogP contribution in [0, 0.1) is 29.6 Å². The first-order chi connectivity index (χ1) is 18.2. The first kappa shape index (κ1) is 33.8. The first-order valence-electron chi connectivity index (χ1n) is 14.9. The Morgan fingerprint density at radius 1 is 1.13 bits per heavy atom. The summed E-state index contributed by atoms with van der Waals surface area (Å²) >= 11 is 0. The van der Waals surface area contributed by atoms with Gasteiger partial charge in [-0.3, -0.25) is 0 Å². The van der Waals surface area contributed by atoms with Crippen molar-refractivity contribution in [1.82, 2.24) is 0 Å². The van der Waals surface area contributed by atoms with Gasteiger partial charge in [0.25, 0.3) is 0 Å². The van der Waals surface area contributed by atoms with Crippen LogP contribution in [0.25, 0.3) is 0 Å². The van der Waals surface area contributed by atoms with Crippen LogP contribution in [0.5, 0.6) is 5.75 Å². The van der Waals surface area contributed by atoms with Gasteiger partial charge in [-0.2, -0.15) is 0 Å². The van der Waals surface area contributed by atoms with Gasteiger partial charge in [-0.25, -0.2) is 0 Å². The largest absolute Gasteiger partial charge is 0.497 e. The highest BCUT2D eigenvalue weighted by atomic mass is 28.4. The fourth-order valence-electron chi connectivity index (χ4n) is 5.36. The highest BCUT2D eigenvalue weighted by molar-refractivity contribution is 6.74. The van der Waals surface area contributed by atoms with E-state index in [0.29, 0.717) is 25.4 Å². The Kier molecular flexibility index (Phi) is 13.0. The van der Waals surface area contributed by atoms with E-state index < -0.39 is 14.4 Å². The lowest BCUT2D eigenvalue weighted by Gasteiger charge is -2.48. The van der Waals surface area contributed by atoms with Crippen molar-refractivity contribution in [2.24, 2.45) is 17.8 Å². The highest BCUT2D eigenvalue weighted by Crippen LogP contribution is 2.42. The topological polar surface area (TPSA) is 57.2 Å². The summed E-state index contributed by atoms with van der Waals surface area (Å²) in [6.45, 7) is 22.6. The molecule has 1 aromatic carbocycles. The van der Waals surface area contributed by atoms with Crippen molar-refractivity contribution < 1.29 is 23.7 Å². The number of benzene rings is 1. The molecule has 0 radical (unpaired) electrons. The maximum atomic E-state index is 11.2. The molecule has 1 aliphatic heterocycles. The Labute approximate surface area is 240 Å². The quantitative estimate of drug-likeness (QED) is 0.199. The van der Waals surface area contributed by atoms with Gasteiger partial charge in [0.2, 0.25) is 0 Å². The van der Waals surface area contributed by atoms with Crippen LogP contribution in [0.1, 0.15) is 86.6 Å². The van der Waals surface area contributed by atoms with E-state index in [0.717, 1.165) is 24.2 Å². The molecule has 0 saturated carbocycles. The van der Waals surface area contributed by atoms with Gasteiger partial charge in [0.15, 0.2) is 8.32 Å². The lowest BCUT2D eigenvalue weighted by molar-refractivity contribution is -0.159. The lowest BCUT2D eigenvalue weighted by Crippen LogP contribution is -2.54. The summed E-state index contributed by atoms with van der Waals surface area (Å²) in [5.41, 5.74) is 1.07. The zero-order valence-electron chi connectivity index (χ0n) is 26.5. The minimum atomic E-state index is -1.96. The molecule has 8 atom stereocenters. The second-order valence-corrected chi connectivity index (χ2v) is 18.0. The van der Waals surface area contributed by atoms with Crippen molar-refractivity contribution >= 4 is 8.32 Å². The smallest absolute Gasteiger partial charge is 0.192 e. The molecule has 0 bridgehead atoms. The van der Waals surface area contributed by atoms with Crippen LogP contribution >= 0.6 is 0 Å². The molecular weight excluding hydrogens is 504 g/mol. The molecule has 1 unspecified atom stereocenters. The number of aliphatic hydroxyl groups excluding tert-OH is 1. The minimum absolute atomic E-state index is 0.0113. The van der Waals surface area contributed by atoms with Gasteiger partial charge in [0, 0.05) is 0 Å². The summed E-state index contributed by atoms with van der Waals surface area (Å²) in [6, 6.07) is 7.89. The third-order valence-corrected chi connectivity index (χ3v) is 13.3. The molecule has 0 amide bonds. The molecule has 1 aromatic rings. The zero-order chi connectivity index (χ0) is 29.4. The second kappa shape index (κ2) is 15.0. The fourth-order valence-corrected chi connectivity index (χ4v) is 6.70. The van der Waals surface area contributed by atoms with Gasteiger partial charge in [0.1, 0.15) is 11.9 Å². The fraction of sp³-hybridized carbons (Fsp3) is 0.758. The molecule has 2 rings (SSSR count). The van der Waals surface area contributed by atoms with Crippen LogP contribution in [0.3, 0.4) is 0 Å². The Hall–Kier alpha value is -1.36. The molecular formula is C33H56O5Si. The van der Waals surface area contributed by atoms with Crippen molar-refractivity contribution in [3.63, 3.8) is 0 Å². The summed E-state index contributed by atoms with van der Waals surface area (Å²) in [7, 11) is -0.292. The van der Waals surface area contributed by atoms with Crippen LogP contribution in [-0.2, 0) is 20.5 Å². The molecule has 6 heteroatoms. The van der Waals surface area contributed by atoms with Crippen LogP contribution < -0.4 is 4.74 Å². The van der Waals surface area contributed by atoms with Crippen LogP contribution in [0.15, 0.2) is 24.3 Å². The summed E-state index contributed by atoms with van der Waals surface area (Å²) in [5, 5.41) is 11.3. The van der Waals surface area contributed by atoms with Crippen molar-refractivity contribution in [1.29, 1.82) is 0 Å². The van der Waals surface area contributed by atoms with E-state index in [9.17, 15) is 5.11 Å². The summed E-state index contributed by atoms with van der Waals surface area (Å²) < 4.78 is 25.1. The van der Waals surface area contributed by atoms with Gasteiger partial charge in [-0.05, 0) is 86.2 Å². The van der Waals surface area contributed by atoms with Crippen LogP contribution in [0.4, 0.5) is 0 Å². The van der Waals surface area contributed by atoms with Crippen molar-refractivity contribution in [2.75, 3.05) is 7.11 Å². The Morgan fingerprint density at radius 3 is 2.31 bits per heavy atom. The minimum Gasteiger partial charge on any atom is -0.497 e. The maximum Gasteiger partial charge on any atom is 0.192 e. The van der Waals surface area contributed by atoms with Gasteiger partial charge < -0.3 is 23.7 Å². The predicted octanol–water partition coefficient (Wildman–Crippen LogP) is 7.61. The first-order valence-corrected chi connectivity index (χ1v) is 17.8. The number of methoxy groups -OCH3 is 1. The summed E-state index contributed by atoms with van der Waals surface area (Å²) in [5.74, 6) is 7.79. The Balaban J connectivity index is 2.04. The molecule has 1 saturated heterocycles. The Morgan fingerprint density at radius 2 is 1.77 bits per heavy atom. The molecule has 5 nitrogen and oxygen atoms in total. The zero-order valence-corrected chi connectivity index (χ0v) is 27.5. The monoisotopic (exact) mass is 560 g/mol. The normalized spacial score (nSPS) is 25.2. The number of hydrogen-bond acceptors (Lipinski definition) is 5. The average Bonchev–Trinajstić information content (AvgIpc) is 2.85. The third-order valence-electron chi connectivity index (χ3n) is 8.83. The van der Waals surface area contributed by atoms with Gasteiger partial charge >= 0.3 is 0 Å². The van der Waals surface area contributed by atoms with E-state index in [-0.39, 0.29) is 41.3 Å². The predicted molar refractivity (Wildman–Crippen MR) is 163 cm³/mol. The standard InChI is InChI=1S/C33H56O5Si/c1-12-14-30(36-22-26-15-17-28(35-9)18-16-26)23(3)19-27(34)20-25(5)32-31(21-24(4)29(13-2)37-32)38-39(10,11)33(6,7)8/h15-18,23-25,27,29-32,34H,13,19-22H2,1-11H3/t23-,24+,25-,27?,29+,30+,31-,32-/m0/s1. The number of rotatable bonds is 13. The van der Waals surface area contributed by atoms with E-state index in [1.165, 1.54) is 0 Å². The third kappa shape index (κ3) is 9.90. The number of aliphatic hydroxyl groups is 1. The SMILES string of the molecule is CC#C[C@@H](OCc1ccc(OC)cc1)[C@@H](C)CC(O)C[C@H](C)[C@@H]1O[C@H](CC)[C@H](C)C[C@@H]1O[Si](C)(C)C(C)(C)C. The molecule has 0 aromatic heterocycles. The van der Waals surface area contributed by atoms with E-state index >= 15 is 0 Å². The molecule has 1 fully saturated rings. The number of ether oxygens (including phenoxy) is 3. The molecule has 1 aliphatic rings. The number of hydrogen-bond donors (Lipinski definition) is 1. The van der Waals surface area contributed by atoms with Crippen molar-refractivity contribution in [3.05, 3.63) is 29.8 Å². The van der Waals surface area contributed by atoms with Gasteiger partial charge in [-0.1, -0.05) is 66.5 Å². The van der Waals surface area contributed by atoms with E-state index in [1.54, 1.807) is 7.11 Å². The summed E-state index contributed by atoms with van der Waals surface area (Å²) in [4.78, 5) is 0. The molecule has 39 heavy (non-hydrogen) atoms. The highest BCUT2D eigenvalue weighted by Gasteiger charge is 2.45. The van der Waals surface area contributed by atoms with Gasteiger partial charge in [0.05, 0.1) is 38.1 Å². The van der Waals surface area contributed by atoms with E-state index in [4.69, 9.17) is 18.6 Å². The van der Waals surface area contributed by atoms with Crippen LogP contribution in [-0.4, -0.2) is 51.1 Å². The second-order valence-electron chi connectivity index (χ2n) is 13.2. The maximum absolute atomic E-state index is 11.2. The van der Waals surface area contributed by atoms with Crippen molar-refractivity contribution in [2.45, 2.75) is 136 Å². The molecule has 222 valence electrons. The summed E-state index contributed by atoms with van der Waals surface area (Å²) in [6.07, 6.45) is 2.90. The molecule has 0 spiro atoms. The van der Waals surface area contributed by atoms with Gasteiger partial charge in [-0.15, -0.1) is 5.92 Å². The Bertz CT molecular complexity index is 913. The molecule has 1 heterocycles.